The Morgan fingerprint density at radius 3 is 2.76 bits per heavy atom. The van der Waals surface area contributed by atoms with Crippen molar-refractivity contribution in [2.45, 2.75) is 25.2 Å². The van der Waals surface area contributed by atoms with E-state index in [4.69, 9.17) is 14.2 Å². The summed E-state index contributed by atoms with van der Waals surface area (Å²) in [5, 5.41) is 8.91. The van der Waals surface area contributed by atoms with Gasteiger partial charge in [-0.1, -0.05) is 12.1 Å². The number of hydrogen-bond acceptors (Lipinski definition) is 7. The molecule has 2 heterocycles. The van der Waals surface area contributed by atoms with Crippen molar-refractivity contribution in [3.05, 3.63) is 59.2 Å². The average molecular weight is 476 g/mol. The predicted molar refractivity (Wildman–Crippen MR) is 122 cm³/mol. The van der Waals surface area contributed by atoms with Gasteiger partial charge < -0.3 is 30.2 Å². The maximum atomic E-state index is 12.7. The van der Waals surface area contributed by atoms with Crippen molar-refractivity contribution >= 4 is 30.2 Å². The van der Waals surface area contributed by atoms with E-state index >= 15 is 0 Å². The zero-order valence-corrected chi connectivity index (χ0v) is 18.9. The highest BCUT2D eigenvalue weighted by atomic mass is 35.5. The number of esters is 1. The molecule has 33 heavy (non-hydrogen) atoms. The van der Waals surface area contributed by atoms with Gasteiger partial charge in [-0.3, -0.25) is 9.59 Å². The lowest BCUT2D eigenvalue weighted by molar-refractivity contribution is -0.122. The Balaban J connectivity index is 0.00000306. The van der Waals surface area contributed by atoms with E-state index in [1.165, 1.54) is 19.2 Å². The Bertz CT molecular complexity index is 1030. The number of fused-ring (bicyclic) bond motifs is 5. The molecule has 1 saturated heterocycles. The second kappa shape index (κ2) is 11.1. The lowest BCUT2D eigenvalue weighted by Gasteiger charge is -2.20. The van der Waals surface area contributed by atoms with Gasteiger partial charge in [0.05, 0.1) is 31.4 Å². The highest BCUT2D eigenvalue weighted by Crippen LogP contribution is 2.26. The molecule has 9 nitrogen and oxygen atoms in total. The van der Waals surface area contributed by atoms with Gasteiger partial charge in [0.25, 0.3) is 5.91 Å². The monoisotopic (exact) mass is 475 g/mol. The number of rotatable bonds is 1. The number of carbonyl (C=O) groups is 3. The standard InChI is InChI=1S/C23H25N3O6.ClH/c1-30-23(29)16-8-15-9-18(10-16)32-17-4-2-3-14(7-17)13-31-20-12-24-11-19(20)26-21(27)5-6-25-22(15)28;/h2-4,7-10,19-20,24H,5-6,11-13H2,1H3,(H,25,28)(H,26,27);1H/t19-,20-;/m0./s1. The van der Waals surface area contributed by atoms with Crippen LogP contribution in [0.3, 0.4) is 0 Å². The molecule has 1 fully saturated rings. The summed E-state index contributed by atoms with van der Waals surface area (Å²) in [7, 11) is 1.27. The first-order valence-corrected chi connectivity index (χ1v) is 10.4. The van der Waals surface area contributed by atoms with E-state index in [1.807, 2.05) is 18.2 Å². The summed E-state index contributed by atoms with van der Waals surface area (Å²) in [6.07, 6.45) is -0.0399. The normalized spacial score (nSPS) is 20.8. The largest absolute Gasteiger partial charge is 0.465 e. The van der Waals surface area contributed by atoms with Crippen molar-refractivity contribution in [1.82, 2.24) is 16.0 Å². The van der Waals surface area contributed by atoms with Crippen LogP contribution in [-0.2, 0) is 20.9 Å². The number of methoxy groups -OCH3 is 1. The van der Waals surface area contributed by atoms with Crippen molar-refractivity contribution in [3.63, 3.8) is 0 Å². The number of halogens is 1. The highest BCUT2D eigenvalue weighted by Gasteiger charge is 2.29. The van der Waals surface area contributed by atoms with Crippen molar-refractivity contribution < 1.29 is 28.6 Å². The third-order valence-electron chi connectivity index (χ3n) is 5.33. The first kappa shape index (κ1) is 24.5. The highest BCUT2D eigenvalue weighted by molar-refractivity contribution is 5.98. The van der Waals surface area contributed by atoms with Crippen LogP contribution >= 0.6 is 12.4 Å². The van der Waals surface area contributed by atoms with Crippen molar-refractivity contribution in [2.24, 2.45) is 0 Å². The zero-order valence-electron chi connectivity index (χ0n) is 18.1. The second-order valence-corrected chi connectivity index (χ2v) is 7.67. The molecule has 0 radical (unpaired) electrons. The minimum absolute atomic E-state index is 0. The summed E-state index contributed by atoms with van der Waals surface area (Å²) in [5.41, 5.74) is 1.31. The van der Waals surface area contributed by atoms with Gasteiger partial charge in [0.1, 0.15) is 11.5 Å². The number of benzene rings is 2. The molecule has 2 amide bonds. The Morgan fingerprint density at radius 1 is 1.09 bits per heavy atom. The van der Waals surface area contributed by atoms with Crippen LogP contribution < -0.4 is 20.7 Å². The first-order valence-electron chi connectivity index (χ1n) is 10.4. The van der Waals surface area contributed by atoms with Crippen LogP contribution in [0, 0.1) is 0 Å². The molecule has 2 aromatic carbocycles. The fourth-order valence-electron chi connectivity index (χ4n) is 3.71. The van der Waals surface area contributed by atoms with Crippen molar-refractivity contribution in [2.75, 3.05) is 26.7 Å². The molecule has 4 bridgehead atoms. The summed E-state index contributed by atoms with van der Waals surface area (Å²) in [6, 6.07) is 11.7. The molecule has 0 aromatic heterocycles. The van der Waals surface area contributed by atoms with Gasteiger partial charge in [-0.15, -0.1) is 12.4 Å². The quantitative estimate of drug-likeness (QED) is 0.539. The van der Waals surface area contributed by atoms with Crippen LogP contribution in [0.25, 0.3) is 0 Å². The molecule has 176 valence electrons. The van der Waals surface area contributed by atoms with Crippen LogP contribution in [-0.4, -0.2) is 56.7 Å². The summed E-state index contributed by atoms with van der Waals surface area (Å²) in [5.74, 6) is -0.324. The Kier molecular flexibility index (Phi) is 8.26. The average Bonchev–Trinajstić information content (AvgIpc) is 3.23. The minimum atomic E-state index is -0.586. The fraction of sp³-hybridized carbons (Fsp3) is 0.348. The number of carbonyl (C=O) groups excluding carboxylic acids is 3. The molecule has 2 aromatic rings. The molecule has 0 aliphatic carbocycles. The molecule has 3 N–H and O–H groups in total. The maximum Gasteiger partial charge on any atom is 0.338 e. The molecule has 10 heteroatoms. The van der Waals surface area contributed by atoms with Crippen molar-refractivity contribution in [3.8, 4) is 11.5 Å². The molecule has 0 saturated carbocycles. The van der Waals surface area contributed by atoms with E-state index in [0.29, 0.717) is 31.2 Å². The van der Waals surface area contributed by atoms with Crippen LogP contribution in [0.2, 0.25) is 0 Å². The van der Waals surface area contributed by atoms with E-state index < -0.39 is 11.9 Å². The molecule has 2 aliphatic rings. The van der Waals surface area contributed by atoms with Gasteiger partial charge in [0.2, 0.25) is 5.91 Å². The topological polar surface area (TPSA) is 115 Å². The Hall–Kier alpha value is -3.14. The predicted octanol–water partition coefficient (Wildman–Crippen LogP) is 1.79. The van der Waals surface area contributed by atoms with Crippen LogP contribution in [0.4, 0.5) is 0 Å². The smallest absolute Gasteiger partial charge is 0.338 e. The summed E-state index contributed by atoms with van der Waals surface area (Å²) in [6.45, 7) is 1.76. The van der Waals surface area contributed by atoms with Crippen LogP contribution in [0.1, 0.15) is 32.7 Å². The van der Waals surface area contributed by atoms with Gasteiger partial charge in [-0.05, 0) is 35.9 Å². The summed E-state index contributed by atoms with van der Waals surface area (Å²) < 4.78 is 16.8. The molecule has 0 spiro atoms. The SMILES string of the molecule is COC(=O)c1cc2cc(c1)C(=O)NCCC(=O)N[C@H]1CNC[C@@H]1OCc1cccc(c1)O2.Cl. The number of ether oxygens (including phenoxy) is 3. The molecular formula is C23H26ClN3O6. The lowest BCUT2D eigenvalue weighted by Crippen LogP contribution is -2.44. The summed E-state index contributed by atoms with van der Waals surface area (Å²) in [4.78, 5) is 37.1. The van der Waals surface area contributed by atoms with Gasteiger partial charge in [-0.25, -0.2) is 4.79 Å². The maximum absolute atomic E-state index is 12.7. The third kappa shape index (κ3) is 6.22. The second-order valence-electron chi connectivity index (χ2n) is 7.67. The van der Waals surface area contributed by atoms with Crippen LogP contribution in [0.15, 0.2) is 42.5 Å². The minimum Gasteiger partial charge on any atom is -0.465 e. The molecule has 0 unspecified atom stereocenters. The molecule has 2 aliphatic heterocycles. The van der Waals surface area contributed by atoms with E-state index in [-0.39, 0.29) is 54.6 Å². The van der Waals surface area contributed by atoms with Gasteiger partial charge >= 0.3 is 5.97 Å². The van der Waals surface area contributed by atoms with Crippen LogP contribution in [0.5, 0.6) is 11.5 Å². The summed E-state index contributed by atoms with van der Waals surface area (Å²) >= 11 is 0. The molecule has 4 rings (SSSR count). The van der Waals surface area contributed by atoms with Gasteiger partial charge in [-0.2, -0.15) is 0 Å². The fourth-order valence-corrected chi connectivity index (χ4v) is 3.71. The van der Waals surface area contributed by atoms with Gasteiger partial charge in [0, 0.05) is 31.6 Å². The first-order chi connectivity index (χ1) is 15.5. The van der Waals surface area contributed by atoms with E-state index in [9.17, 15) is 14.4 Å². The molecular weight excluding hydrogens is 450 g/mol. The van der Waals surface area contributed by atoms with E-state index in [0.717, 1.165) is 5.56 Å². The number of amides is 2. The zero-order chi connectivity index (χ0) is 22.5. The number of hydrogen-bond donors (Lipinski definition) is 3. The van der Waals surface area contributed by atoms with Crippen molar-refractivity contribution in [1.29, 1.82) is 0 Å². The number of nitrogens with one attached hydrogen (secondary N) is 3. The van der Waals surface area contributed by atoms with E-state index in [2.05, 4.69) is 16.0 Å². The lowest BCUT2D eigenvalue weighted by atomic mass is 10.1. The van der Waals surface area contributed by atoms with E-state index in [1.54, 1.807) is 12.1 Å². The van der Waals surface area contributed by atoms with Gasteiger partial charge in [0.15, 0.2) is 0 Å². The molecule has 2 atom stereocenters. The third-order valence-corrected chi connectivity index (χ3v) is 5.33. The Morgan fingerprint density at radius 2 is 1.94 bits per heavy atom. The Labute approximate surface area is 197 Å².